The van der Waals surface area contributed by atoms with Crippen molar-refractivity contribution in [3.63, 3.8) is 0 Å². The maximum absolute atomic E-state index is 12.1. The first kappa shape index (κ1) is 14.1. The monoisotopic (exact) mass is 306 g/mol. The van der Waals surface area contributed by atoms with E-state index < -0.39 is 10.0 Å². The van der Waals surface area contributed by atoms with Gasteiger partial charge in [-0.2, -0.15) is 5.10 Å². The molecule has 0 saturated carbocycles. The summed E-state index contributed by atoms with van der Waals surface area (Å²) in [7, 11) is -1.77. The lowest BCUT2D eigenvalue weighted by molar-refractivity contribution is 0.572. The topological polar surface area (TPSA) is 76.0 Å². The molecule has 2 N–H and O–H groups in total. The second-order valence-corrected chi connectivity index (χ2v) is 6.97. The Morgan fingerprint density at radius 2 is 2.24 bits per heavy atom. The van der Waals surface area contributed by atoms with E-state index in [4.69, 9.17) is 0 Å². The van der Waals surface area contributed by atoms with Crippen molar-refractivity contribution in [2.24, 2.45) is 7.05 Å². The number of para-hydroxylation sites is 1. The predicted molar refractivity (Wildman–Crippen MR) is 80.7 cm³/mol. The minimum atomic E-state index is -3.46. The molecule has 1 aromatic heterocycles. The van der Waals surface area contributed by atoms with Crippen LogP contribution in [0.2, 0.25) is 0 Å². The van der Waals surface area contributed by atoms with E-state index in [1.54, 1.807) is 7.05 Å². The van der Waals surface area contributed by atoms with Gasteiger partial charge in [0.25, 0.3) is 0 Å². The molecule has 0 aliphatic carbocycles. The highest BCUT2D eigenvalue weighted by Gasteiger charge is 2.22. The van der Waals surface area contributed by atoms with Crippen molar-refractivity contribution in [1.29, 1.82) is 0 Å². The van der Waals surface area contributed by atoms with Crippen molar-refractivity contribution in [3.05, 3.63) is 42.2 Å². The standard InChI is InChI=1S/C14H18N4O2S/c1-18-10-12(9-16-18)21(19,20)17-7-6-11-8-15-14-5-3-2-4-13(11)14/h2-5,9-11,15,17H,6-8H2,1H3. The summed E-state index contributed by atoms with van der Waals surface area (Å²) in [5.74, 6) is 0.345. The first-order valence-electron chi connectivity index (χ1n) is 6.87. The predicted octanol–water partition coefficient (Wildman–Crippen LogP) is 1.30. The number of fused-ring (bicyclic) bond motifs is 1. The number of hydrogen-bond acceptors (Lipinski definition) is 4. The molecule has 0 saturated heterocycles. The van der Waals surface area contributed by atoms with Gasteiger partial charge >= 0.3 is 0 Å². The summed E-state index contributed by atoms with van der Waals surface area (Å²) in [4.78, 5) is 0.204. The molecule has 2 aromatic rings. The number of nitrogens with one attached hydrogen (secondary N) is 2. The number of anilines is 1. The molecule has 21 heavy (non-hydrogen) atoms. The van der Waals surface area contributed by atoms with Crippen molar-refractivity contribution in [1.82, 2.24) is 14.5 Å². The third-order valence-electron chi connectivity index (χ3n) is 3.72. The molecule has 112 valence electrons. The van der Waals surface area contributed by atoms with E-state index in [1.807, 2.05) is 12.1 Å². The lowest BCUT2D eigenvalue weighted by atomic mass is 9.98. The fourth-order valence-corrected chi connectivity index (χ4v) is 3.63. The van der Waals surface area contributed by atoms with Gasteiger partial charge in [-0.1, -0.05) is 18.2 Å². The average Bonchev–Trinajstić information content (AvgIpc) is 3.06. The Hall–Kier alpha value is -1.86. The van der Waals surface area contributed by atoms with Gasteiger partial charge < -0.3 is 5.32 Å². The van der Waals surface area contributed by atoms with Crippen LogP contribution in [0.3, 0.4) is 0 Å². The summed E-state index contributed by atoms with van der Waals surface area (Å²) in [5.41, 5.74) is 2.41. The minimum absolute atomic E-state index is 0.204. The van der Waals surface area contributed by atoms with E-state index in [0.29, 0.717) is 12.5 Å². The fraction of sp³-hybridized carbons (Fsp3) is 0.357. The molecule has 1 aliphatic rings. The number of nitrogens with zero attached hydrogens (tertiary/aromatic N) is 2. The molecule has 0 radical (unpaired) electrons. The Bertz CT molecular complexity index is 739. The van der Waals surface area contributed by atoms with Gasteiger partial charge in [0.1, 0.15) is 4.90 Å². The van der Waals surface area contributed by atoms with Gasteiger partial charge in [-0.15, -0.1) is 0 Å². The summed E-state index contributed by atoms with van der Waals surface area (Å²) in [6, 6.07) is 8.16. The van der Waals surface area contributed by atoms with Gasteiger partial charge in [0.2, 0.25) is 10.0 Å². The average molecular weight is 306 g/mol. The molecular weight excluding hydrogens is 288 g/mol. The molecule has 0 bridgehead atoms. The van der Waals surface area contributed by atoms with E-state index in [9.17, 15) is 8.42 Å². The van der Waals surface area contributed by atoms with Crippen LogP contribution in [0.15, 0.2) is 41.6 Å². The zero-order chi connectivity index (χ0) is 14.9. The van der Waals surface area contributed by atoms with Gasteiger partial charge in [0.05, 0.1) is 6.20 Å². The second-order valence-electron chi connectivity index (χ2n) is 5.20. The normalized spacial score (nSPS) is 17.5. The molecule has 1 aliphatic heterocycles. The van der Waals surface area contributed by atoms with E-state index in [-0.39, 0.29) is 4.90 Å². The lowest BCUT2D eigenvalue weighted by Gasteiger charge is -2.10. The second kappa shape index (κ2) is 5.50. The molecule has 1 atom stereocenters. The number of benzene rings is 1. The van der Waals surface area contributed by atoms with E-state index >= 15 is 0 Å². The molecular formula is C14H18N4O2S. The molecule has 1 aromatic carbocycles. The molecule has 0 fully saturated rings. The molecule has 3 rings (SSSR count). The molecule has 0 amide bonds. The van der Waals surface area contributed by atoms with Crippen LogP contribution in [0, 0.1) is 0 Å². The Balaban J connectivity index is 1.60. The van der Waals surface area contributed by atoms with Gasteiger partial charge in [0.15, 0.2) is 0 Å². The Morgan fingerprint density at radius 3 is 3.00 bits per heavy atom. The van der Waals surface area contributed by atoms with Crippen molar-refractivity contribution in [3.8, 4) is 0 Å². The summed E-state index contributed by atoms with van der Waals surface area (Å²) < 4.78 is 28.3. The van der Waals surface area contributed by atoms with Gasteiger partial charge in [-0.05, 0) is 18.1 Å². The van der Waals surface area contributed by atoms with Crippen LogP contribution in [0.4, 0.5) is 5.69 Å². The third-order valence-corrected chi connectivity index (χ3v) is 5.13. The maximum atomic E-state index is 12.1. The Labute approximate surface area is 124 Å². The summed E-state index contributed by atoms with van der Waals surface area (Å²) in [6.07, 6.45) is 3.62. The molecule has 2 heterocycles. The molecule has 0 spiro atoms. The molecule has 7 heteroatoms. The van der Waals surface area contributed by atoms with Crippen LogP contribution in [0.1, 0.15) is 17.9 Å². The first-order chi connectivity index (χ1) is 10.1. The zero-order valence-corrected chi connectivity index (χ0v) is 12.6. The van der Waals surface area contributed by atoms with Gasteiger partial charge in [-0.25, -0.2) is 13.1 Å². The van der Waals surface area contributed by atoms with Gasteiger partial charge in [-0.3, -0.25) is 4.68 Å². The smallest absolute Gasteiger partial charge is 0.243 e. The van der Waals surface area contributed by atoms with Crippen molar-refractivity contribution in [2.75, 3.05) is 18.4 Å². The number of hydrogen-bond donors (Lipinski definition) is 2. The summed E-state index contributed by atoms with van der Waals surface area (Å²) in [6.45, 7) is 1.27. The van der Waals surface area contributed by atoms with Crippen molar-refractivity contribution >= 4 is 15.7 Å². The van der Waals surface area contributed by atoms with Crippen LogP contribution >= 0.6 is 0 Å². The highest BCUT2D eigenvalue weighted by atomic mass is 32.2. The van der Waals surface area contributed by atoms with Gasteiger partial charge in [0, 0.05) is 37.9 Å². The van der Waals surface area contributed by atoms with Crippen LogP contribution < -0.4 is 10.0 Å². The third kappa shape index (κ3) is 2.93. The zero-order valence-electron chi connectivity index (χ0n) is 11.8. The number of sulfonamides is 1. The summed E-state index contributed by atoms with van der Waals surface area (Å²) in [5, 5.41) is 7.23. The van der Waals surface area contributed by atoms with E-state index in [2.05, 4.69) is 27.3 Å². The Kier molecular flexibility index (Phi) is 3.69. The quantitative estimate of drug-likeness (QED) is 0.873. The van der Waals surface area contributed by atoms with Crippen LogP contribution in [0.25, 0.3) is 0 Å². The highest BCUT2D eigenvalue weighted by molar-refractivity contribution is 7.89. The summed E-state index contributed by atoms with van der Waals surface area (Å²) >= 11 is 0. The number of aromatic nitrogens is 2. The Morgan fingerprint density at radius 1 is 1.43 bits per heavy atom. The fourth-order valence-electron chi connectivity index (χ4n) is 2.60. The molecule has 1 unspecified atom stereocenters. The number of rotatable bonds is 5. The lowest BCUT2D eigenvalue weighted by Crippen LogP contribution is -2.26. The van der Waals surface area contributed by atoms with Crippen LogP contribution in [-0.2, 0) is 17.1 Å². The highest BCUT2D eigenvalue weighted by Crippen LogP contribution is 2.32. The number of aryl methyl sites for hydroxylation is 1. The van der Waals surface area contributed by atoms with Crippen LogP contribution in [0.5, 0.6) is 0 Å². The van der Waals surface area contributed by atoms with Crippen LogP contribution in [-0.4, -0.2) is 31.3 Å². The van der Waals surface area contributed by atoms with Crippen molar-refractivity contribution in [2.45, 2.75) is 17.2 Å². The first-order valence-corrected chi connectivity index (χ1v) is 8.36. The largest absolute Gasteiger partial charge is 0.384 e. The SMILES string of the molecule is Cn1cc(S(=O)(=O)NCCC2CNc3ccccc32)cn1. The van der Waals surface area contributed by atoms with Crippen molar-refractivity contribution < 1.29 is 8.42 Å². The molecule has 6 nitrogen and oxygen atoms in total. The van der Waals surface area contributed by atoms with E-state index in [1.165, 1.54) is 22.6 Å². The maximum Gasteiger partial charge on any atom is 0.243 e. The van der Waals surface area contributed by atoms with E-state index in [0.717, 1.165) is 18.7 Å². The minimum Gasteiger partial charge on any atom is -0.384 e.